The van der Waals surface area contributed by atoms with E-state index in [9.17, 15) is 19.2 Å². The minimum atomic E-state index is -0.478. The van der Waals surface area contributed by atoms with Crippen LogP contribution in [-0.4, -0.2) is 43.3 Å². The number of anilines is 1. The van der Waals surface area contributed by atoms with E-state index in [-0.39, 0.29) is 29.4 Å². The maximum absolute atomic E-state index is 12.2. The number of carbonyl (C=O) groups is 2. The Morgan fingerprint density at radius 3 is 2.52 bits per heavy atom. The van der Waals surface area contributed by atoms with Crippen LogP contribution < -0.4 is 16.6 Å². The highest BCUT2D eigenvalue weighted by Crippen LogP contribution is 2.17. The summed E-state index contributed by atoms with van der Waals surface area (Å²) in [5.74, 6) is -0.680. The fourth-order valence-corrected chi connectivity index (χ4v) is 3.27. The molecular formula is C18H19N5O5S. The van der Waals surface area contributed by atoms with Gasteiger partial charge in [-0.3, -0.25) is 18.7 Å². The van der Waals surface area contributed by atoms with E-state index in [1.54, 1.807) is 31.2 Å². The van der Waals surface area contributed by atoms with Crippen LogP contribution in [0, 0.1) is 0 Å². The fourth-order valence-electron chi connectivity index (χ4n) is 2.61. The number of ether oxygens (including phenoxy) is 1. The lowest BCUT2D eigenvalue weighted by molar-refractivity contribution is -0.113. The van der Waals surface area contributed by atoms with Gasteiger partial charge in [0.1, 0.15) is 0 Å². The van der Waals surface area contributed by atoms with E-state index < -0.39 is 17.2 Å². The van der Waals surface area contributed by atoms with E-state index in [2.05, 4.69) is 15.3 Å². The largest absolute Gasteiger partial charge is 0.462 e. The standard InChI is InChI=1S/C18H19N5O5S/c1-4-28-16(26)10-5-7-11(8-6-10)19-12(24)9-29-17-20-13-14(21-17)22(2)18(27)23(3)15(13)25/h5-8H,4,9H2,1-3H3,(H,19,24)(H,20,21). The number of nitrogens with zero attached hydrogens (tertiary/aromatic N) is 3. The molecule has 3 aromatic rings. The number of amides is 1. The highest BCUT2D eigenvalue weighted by atomic mass is 32.2. The molecular weight excluding hydrogens is 398 g/mol. The smallest absolute Gasteiger partial charge is 0.338 e. The average Bonchev–Trinajstić information content (AvgIpc) is 3.14. The Labute approximate surface area is 168 Å². The highest BCUT2D eigenvalue weighted by molar-refractivity contribution is 7.99. The number of H-pyrrole nitrogens is 1. The van der Waals surface area contributed by atoms with Gasteiger partial charge < -0.3 is 15.0 Å². The number of benzene rings is 1. The number of aromatic amines is 1. The van der Waals surface area contributed by atoms with Gasteiger partial charge in [-0.05, 0) is 31.2 Å². The number of hydrogen-bond acceptors (Lipinski definition) is 7. The number of hydrogen-bond donors (Lipinski definition) is 2. The third kappa shape index (κ3) is 4.24. The molecule has 2 aromatic heterocycles. The van der Waals surface area contributed by atoms with Crippen molar-refractivity contribution in [2.45, 2.75) is 12.1 Å². The van der Waals surface area contributed by atoms with Gasteiger partial charge in [0, 0.05) is 19.8 Å². The summed E-state index contributed by atoms with van der Waals surface area (Å²) in [7, 11) is 2.91. The van der Waals surface area contributed by atoms with E-state index in [0.717, 1.165) is 16.3 Å². The summed E-state index contributed by atoms with van der Waals surface area (Å²) < 4.78 is 7.16. The van der Waals surface area contributed by atoms with Crippen LogP contribution in [0.4, 0.5) is 5.69 Å². The van der Waals surface area contributed by atoms with Gasteiger partial charge in [0.15, 0.2) is 16.3 Å². The molecule has 0 saturated heterocycles. The molecule has 0 radical (unpaired) electrons. The Morgan fingerprint density at radius 1 is 1.17 bits per heavy atom. The second-order valence-corrected chi connectivity index (χ2v) is 7.05. The molecule has 0 saturated carbocycles. The third-order valence-corrected chi connectivity index (χ3v) is 4.97. The molecule has 3 rings (SSSR count). The first-order valence-electron chi connectivity index (χ1n) is 8.67. The Kier molecular flexibility index (Phi) is 5.87. The van der Waals surface area contributed by atoms with Crippen molar-refractivity contribution in [2.75, 3.05) is 17.7 Å². The van der Waals surface area contributed by atoms with Crippen LogP contribution in [0.3, 0.4) is 0 Å². The van der Waals surface area contributed by atoms with Gasteiger partial charge in [0.2, 0.25) is 5.91 Å². The number of esters is 1. The molecule has 1 amide bonds. The molecule has 1 aromatic carbocycles. The van der Waals surface area contributed by atoms with Crippen LogP contribution in [-0.2, 0) is 23.6 Å². The van der Waals surface area contributed by atoms with Crippen molar-refractivity contribution in [3.05, 3.63) is 50.7 Å². The minimum absolute atomic E-state index is 0.0354. The molecule has 29 heavy (non-hydrogen) atoms. The van der Waals surface area contributed by atoms with E-state index in [1.807, 2.05) is 0 Å². The number of nitrogens with one attached hydrogen (secondary N) is 2. The van der Waals surface area contributed by atoms with Crippen molar-refractivity contribution in [2.24, 2.45) is 14.1 Å². The molecule has 2 heterocycles. The predicted octanol–water partition coefficient (Wildman–Crippen LogP) is 0.868. The third-order valence-electron chi connectivity index (χ3n) is 4.09. The quantitative estimate of drug-likeness (QED) is 0.450. The van der Waals surface area contributed by atoms with Gasteiger partial charge >= 0.3 is 11.7 Å². The molecule has 2 N–H and O–H groups in total. The maximum Gasteiger partial charge on any atom is 0.338 e. The molecule has 0 aliphatic carbocycles. The first-order valence-corrected chi connectivity index (χ1v) is 9.66. The number of carbonyl (C=O) groups excluding carboxylic acids is 2. The number of fused-ring (bicyclic) bond motifs is 1. The lowest BCUT2D eigenvalue weighted by Crippen LogP contribution is -2.36. The van der Waals surface area contributed by atoms with Crippen molar-refractivity contribution in [3.63, 3.8) is 0 Å². The normalized spacial score (nSPS) is 10.9. The number of thioether (sulfide) groups is 1. The van der Waals surface area contributed by atoms with Gasteiger partial charge in [-0.25, -0.2) is 14.6 Å². The van der Waals surface area contributed by atoms with E-state index in [1.165, 1.54) is 18.7 Å². The monoisotopic (exact) mass is 417 g/mol. The van der Waals surface area contributed by atoms with Crippen LogP contribution in [0.5, 0.6) is 0 Å². The summed E-state index contributed by atoms with van der Waals surface area (Å²) in [6.07, 6.45) is 0. The van der Waals surface area contributed by atoms with Gasteiger partial charge in [-0.2, -0.15) is 0 Å². The summed E-state index contributed by atoms with van der Waals surface area (Å²) in [4.78, 5) is 55.0. The Balaban J connectivity index is 1.66. The lowest BCUT2D eigenvalue weighted by Gasteiger charge is -2.06. The Morgan fingerprint density at radius 2 is 1.86 bits per heavy atom. The molecule has 11 heteroatoms. The van der Waals surface area contributed by atoms with Crippen LogP contribution in [0.1, 0.15) is 17.3 Å². The second-order valence-electron chi connectivity index (χ2n) is 6.08. The first-order chi connectivity index (χ1) is 13.8. The zero-order chi connectivity index (χ0) is 21.1. The molecule has 10 nitrogen and oxygen atoms in total. The van der Waals surface area contributed by atoms with E-state index in [0.29, 0.717) is 16.4 Å². The SMILES string of the molecule is CCOC(=O)c1ccc(NC(=O)CSc2nc3c([nH]2)c(=O)n(C)c(=O)n3C)cc1. The molecule has 0 aliphatic heterocycles. The van der Waals surface area contributed by atoms with Crippen LogP contribution >= 0.6 is 11.8 Å². The van der Waals surface area contributed by atoms with Crippen molar-refractivity contribution in [1.82, 2.24) is 19.1 Å². The molecule has 0 fully saturated rings. The second kappa shape index (κ2) is 8.35. The van der Waals surface area contributed by atoms with Gasteiger partial charge in [-0.15, -0.1) is 0 Å². The number of aromatic nitrogens is 4. The Bertz CT molecular complexity index is 1190. The molecule has 0 spiro atoms. The van der Waals surface area contributed by atoms with Crippen molar-refractivity contribution in [1.29, 1.82) is 0 Å². The summed E-state index contributed by atoms with van der Waals surface area (Å²) >= 11 is 1.10. The van der Waals surface area contributed by atoms with Gasteiger partial charge in [-0.1, -0.05) is 11.8 Å². The molecule has 0 bridgehead atoms. The predicted molar refractivity (Wildman–Crippen MR) is 108 cm³/mol. The summed E-state index contributed by atoms with van der Waals surface area (Å²) in [5, 5.41) is 3.06. The van der Waals surface area contributed by atoms with Crippen LogP contribution in [0.15, 0.2) is 39.0 Å². The first kappa shape index (κ1) is 20.4. The van der Waals surface area contributed by atoms with Gasteiger partial charge in [0.25, 0.3) is 5.56 Å². The summed E-state index contributed by atoms with van der Waals surface area (Å²) in [6, 6.07) is 6.34. The molecule has 152 valence electrons. The Hall–Kier alpha value is -3.34. The van der Waals surface area contributed by atoms with Crippen LogP contribution in [0.2, 0.25) is 0 Å². The zero-order valence-corrected chi connectivity index (χ0v) is 16.8. The molecule has 0 atom stereocenters. The molecule has 0 aliphatic rings. The molecule has 0 unspecified atom stereocenters. The maximum atomic E-state index is 12.2. The number of imidazole rings is 1. The summed E-state index contributed by atoms with van der Waals surface area (Å²) in [6.45, 7) is 2.01. The number of rotatable bonds is 6. The van der Waals surface area contributed by atoms with Crippen molar-refractivity contribution in [3.8, 4) is 0 Å². The van der Waals surface area contributed by atoms with Crippen LogP contribution in [0.25, 0.3) is 11.2 Å². The lowest BCUT2D eigenvalue weighted by atomic mass is 10.2. The summed E-state index contributed by atoms with van der Waals surface area (Å²) in [5.41, 5.74) is 0.406. The fraction of sp³-hybridized carbons (Fsp3) is 0.278. The van der Waals surface area contributed by atoms with Crippen molar-refractivity contribution < 1.29 is 14.3 Å². The zero-order valence-electron chi connectivity index (χ0n) is 16.0. The minimum Gasteiger partial charge on any atom is -0.462 e. The average molecular weight is 417 g/mol. The topological polar surface area (TPSA) is 128 Å². The van der Waals surface area contributed by atoms with Gasteiger partial charge in [0.05, 0.1) is 17.9 Å². The highest BCUT2D eigenvalue weighted by Gasteiger charge is 2.15. The van der Waals surface area contributed by atoms with E-state index in [4.69, 9.17) is 4.74 Å². The van der Waals surface area contributed by atoms with Crippen molar-refractivity contribution >= 4 is 40.5 Å². The van der Waals surface area contributed by atoms with E-state index >= 15 is 0 Å². The number of aryl methyl sites for hydroxylation is 1.